The Morgan fingerprint density at radius 3 is 2.34 bits per heavy atom. The highest BCUT2D eigenvalue weighted by atomic mass is 127. The Balaban J connectivity index is 1.27. The van der Waals surface area contributed by atoms with Gasteiger partial charge in [-0.1, -0.05) is 0 Å². The zero-order valence-electron chi connectivity index (χ0n) is 19.4. The second-order valence-electron chi connectivity index (χ2n) is 10.2. The lowest BCUT2D eigenvalue weighted by atomic mass is 9.93. The molecular weight excluding hydrogens is 563 g/mol. The number of fused-ring (bicyclic) bond motifs is 1. The number of nitrogens with zero attached hydrogens (tertiary/aromatic N) is 4. The second kappa shape index (κ2) is 8.60. The van der Waals surface area contributed by atoms with Gasteiger partial charge in [0.1, 0.15) is 0 Å². The van der Waals surface area contributed by atoms with Gasteiger partial charge in [-0.15, -0.1) is 0 Å². The summed E-state index contributed by atoms with van der Waals surface area (Å²) in [6, 6.07) is 7.81. The first-order valence-corrected chi connectivity index (χ1v) is 13.3. The van der Waals surface area contributed by atoms with Gasteiger partial charge in [0.15, 0.2) is 5.65 Å². The van der Waals surface area contributed by atoms with Gasteiger partial charge in [-0.3, -0.25) is 4.79 Å². The average Bonchev–Trinajstić information content (AvgIpc) is 3.41. The maximum Gasteiger partial charge on any atom is 0.257 e. The van der Waals surface area contributed by atoms with Crippen LogP contribution in [0.2, 0.25) is 0 Å². The zero-order chi connectivity index (χ0) is 24.2. The molecular formula is C26H28F2IN5O. The number of carbonyl (C=O) groups excluding carboxylic acids is 1. The molecule has 0 bridgehead atoms. The van der Waals surface area contributed by atoms with Crippen LogP contribution in [0, 0.1) is 8.99 Å². The summed E-state index contributed by atoms with van der Waals surface area (Å²) in [4.78, 5) is 22.2. The minimum absolute atomic E-state index is 0.168. The van der Waals surface area contributed by atoms with Gasteiger partial charge < -0.3 is 19.5 Å². The van der Waals surface area contributed by atoms with Gasteiger partial charge in [0.05, 0.1) is 22.6 Å². The van der Waals surface area contributed by atoms with Crippen LogP contribution in [-0.2, 0) is 0 Å². The van der Waals surface area contributed by atoms with E-state index in [0.29, 0.717) is 22.3 Å². The summed E-state index contributed by atoms with van der Waals surface area (Å²) in [5.41, 5.74) is 4.28. The van der Waals surface area contributed by atoms with E-state index >= 15 is 0 Å². The van der Waals surface area contributed by atoms with Crippen molar-refractivity contribution in [1.82, 2.24) is 9.38 Å². The lowest BCUT2D eigenvalue weighted by Gasteiger charge is -2.35. The van der Waals surface area contributed by atoms with Crippen LogP contribution < -0.4 is 15.1 Å². The molecule has 1 aromatic carbocycles. The standard InChI is InChI=1S/C26H28F2IN5O/c27-26(28)7-12-33(13-8-26)22-16-19(17-34-14-9-30-23(22)34)31-24(35)20-2-1-18(29)15-21(20)32-10-5-25(3-4-25)6-11-32/h1-2,9,14-17H,3-8,10-13H2,(H,31,35). The fraction of sp³-hybridized carbons (Fsp3) is 0.462. The number of halogens is 3. The van der Waals surface area contributed by atoms with E-state index in [4.69, 9.17) is 0 Å². The van der Waals surface area contributed by atoms with Gasteiger partial charge in [-0.05, 0) is 78.0 Å². The number of hydrogen-bond donors (Lipinski definition) is 1. The van der Waals surface area contributed by atoms with Crippen molar-refractivity contribution < 1.29 is 13.6 Å². The summed E-state index contributed by atoms with van der Waals surface area (Å²) in [6.45, 7) is 2.46. The Morgan fingerprint density at radius 2 is 1.63 bits per heavy atom. The number of hydrogen-bond acceptors (Lipinski definition) is 4. The first-order chi connectivity index (χ1) is 16.8. The normalized spacial score (nSPS) is 20.9. The predicted molar refractivity (Wildman–Crippen MR) is 142 cm³/mol. The molecule has 1 spiro atoms. The highest BCUT2D eigenvalue weighted by Crippen LogP contribution is 2.54. The van der Waals surface area contributed by atoms with Crippen molar-refractivity contribution in [3.8, 4) is 0 Å². The van der Waals surface area contributed by atoms with E-state index < -0.39 is 5.92 Å². The van der Waals surface area contributed by atoms with Crippen molar-refractivity contribution in [2.75, 3.05) is 41.3 Å². The van der Waals surface area contributed by atoms with Crippen LogP contribution in [0.1, 0.15) is 48.9 Å². The molecule has 1 amide bonds. The van der Waals surface area contributed by atoms with Crippen molar-refractivity contribution in [1.29, 1.82) is 0 Å². The SMILES string of the molecule is O=C(Nc1cc(N2CCC(F)(F)CC2)c2nccn2c1)c1ccc(I)cc1N1CCC2(CC1)CC2. The van der Waals surface area contributed by atoms with Gasteiger partial charge in [0, 0.05) is 61.2 Å². The Labute approximate surface area is 216 Å². The minimum atomic E-state index is -2.62. The number of amides is 1. The molecule has 3 fully saturated rings. The summed E-state index contributed by atoms with van der Waals surface area (Å²) >= 11 is 2.30. The van der Waals surface area contributed by atoms with Crippen molar-refractivity contribution in [2.24, 2.45) is 5.41 Å². The smallest absolute Gasteiger partial charge is 0.257 e. The first kappa shape index (κ1) is 23.0. The van der Waals surface area contributed by atoms with E-state index in [-0.39, 0.29) is 31.8 Å². The molecule has 9 heteroatoms. The zero-order valence-corrected chi connectivity index (χ0v) is 21.6. The lowest BCUT2D eigenvalue weighted by molar-refractivity contribution is -0.0220. The summed E-state index contributed by atoms with van der Waals surface area (Å²) in [5, 5.41) is 3.07. The van der Waals surface area contributed by atoms with E-state index in [1.165, 1.54) is 25.7 Å². The molecule has 0 unspecified atom stereocenters. The third-order valence-corrected chi connectivity index (χ3v) is 8.56. The van der Waals surface area contributed by atoms with E-state index in [2.05, 4.69) is 43.9 Å². The number of pyridine rings is 1. The molecule has 1 aliphatic carbocycles. The largest absolute Gasteiger partial charge is 0.371 e. The van der Waals surface area contributed by atoms with E-state index in [1.54, 1.807) is 6.20 Å². The first-order valence-electron chi connectivity index (χ1n) is 12.3. The van der Waals surface area contributed by atoms with Crippen LogP contribution in [0.3, 0.4) is 0 Å². The maximum absolute atomic E-state index is 13.7. The molecule has 184 valence electrons. The quantitative estimate of drug-likeness (QED) is 0.390. The summed E-state index contributed by atoms with van der Waals surface area (Å²) < 4.78 is 30.4. The maximum atomic E-state index is 13.7. The average molecular weight is 591 g/mol. The molecule has 2 aromatic heterocycles. The Hall–Kier alpha value is -2.43. The Kier molecular flexibility index (Phi) is 5.65. The topological polar surface area (TPSA) is 52.9 Å². The van der Waals surface area contributed by atoms with Crippen LogP contribution in [0.15, 0.2) is 42.9 Å². The molecule has 6 nitrogen and oxygen atoms in total. The monoisotopic (exact) mass is 591 g/mol. The highest BCUT2D eigenvalue weighted by molar-refractivity contribution is 14.1. The number of anilines is 3. The van der Waals surface area contributed by atoms with E-state index in [9.17, 15) is 13.6 Å². The van der Waals surface area contributed by atoms with Gasteiger partial charge in [-0.25, -0.2) is 13.8 Å². The van der Waals surface area contributed by atoms with Crippen molar-refractivity contribution in [3.63, 3.8) is 0 Å². The molecule has 1 N–H and O–H groups in total. The fourth-order valence-electron chi connectivity index (χ4n) is 5.45. The van der Waals surface area contributed by atoms with Crippen LogP contribution >= 0.6 is 22.6 Å². The second-order valence-corrected chi connectivity index (χ2v) is 11.5. The van der Waals surface area contributed by atoms with Crippen LogP contribution in [0.4, 0.5) is 25.8 Å². The Bertz CT molecular complexity index is 1270. The molecule has 2 aliphatic heterocycles. The number of rotatable bonds is 4. The summed E-state index contributed by atoms with van der Waals surface area (Å²) in [5.74, 6) is -2.79. The Morgan fingerprint density at radius 1 is 0.943 bits per heavy atom. The third-order valence-electron chi connectivity index (χ3n) is 7.89. The predicted octanol–water partition coefficient (Wildman–Crippen LogP) is 5.81. The molecule has 6 rings (SSSR count). The van der Waals surface area contributed by atoms with Crippen molar-refractivity contribution in [2.45, 2.75) is 44.4 Å². The summed E-state index contributed by atoms with van der Waals surface area (Å²) in [7, 11) is 0. The molecule has 2 saturated heterocycles. The molecule has 3 aliphatic rings. The third kappa shape index (κ3) is 4.59. The van der Waals surface area contributed by atoms with E-state index in [0.717, 1.165) is 28.0 Å². The van der Waals surface area contributed by atoms with Crippen molar-refractivity contribution >= 4 is 51.2 Å². The minimum Gasteiger partial charge on any atom is -0.371 e. The molecule has 3 aromatic rings. The van der Waals surface area contributed by atoms with Gasteiger partial charge in [-0.2, -0.15) is 0 Å². The van der Waals surface area contributed by atoms with Gasteiger partial charge in [0.25, 0.3) is 11.8 Å². The van der Waals surface area contributed by atoms with Gasteiger partial charge in [0.2, 0.25) is 0 Å². The van der Waals surface area contributed by atoms with Gasteiger partial charge >= 0.3 is 0 Å². The highest BCUT2D eigenvalue weighted by Gasteiger charge is 2.44. The van der Waals surface area contributed by atoms with E-state index in [1.807, 2.05) is 39.9 Å². The number of piperidine rings is 2. The molecule has 4 heterocycles. The molecule has 0 radical (unpaired) electrons. The number of nitrogens with one attached hydrogen (secondary N) is 1. The number of aromatic nitrogens is 2. The van der Waals surface area contributed by atoms with Crippen LogP contribution in [0.5, 0.6) is 0 Å². The fourth-order valence-corrected chi connectivity index (χ4v) is 5.92. The number of carbonyl (C=O) groups is 1. The van der Waals surface area contributed by atoms with Crippen LogP contribution in [0.25, 0.3) is 5.65 Å². The molecule has 35 heavy (non-hydrogen) atoms. The molecule has 0 atom stereocenters. The lowest BCUT2D eigenvalue weighted by Crippen LogP contribution is -2.39. The summed E-state index contributed by atoms with van der Waals surface area (Å²) in [6.07, 6.45) is 10.0. The number of imidazole rings is 1. The van der Waals surface area contributed by atoms with Crippen LogP contribution in [-0.4, -0.2) is 47.4 Å². The van der Waals surface area contributed by atoms with Crippen molar-refractivity contribution in [3.05, 3.63) is 52.0 Å². The number of alkyl halides is 2. The number of benzene rings is 1. The molecule has 1 saturated carbocycles.